The van der Waals surface area contributed by atoms with Gasteiger partial charge >= 0.3 is 0 Å². The van der Waals surface area contributed by atoms with Gasteiger partial charge in [0.1, 0.15) is 4.83 Å². The summed E-state index contributed by atoms with van der Waals surface area (Å²) in [5.41, 5.74) is 0.912. The minimum absolute atomic E-state index is 0.158. The number of rotatable bonds is 3. The molecule has 0 aliphatic carbocycles. The van der Waals surface area contributed by atoms with Crippen molar-refractivity contribution in [2.24, 2.45) is 0 Å². The van der Waals surface area contributed by atoms with Gasteiger partial charge < -0.3 is 4.98 Å². The summed E-state index contributed by atoms with van der Waals surface area (Å²) in [5, 5.41) is 9.66. The molecule has 3 aromatic rings. The van der Waals surface area contributed by atoms with E-state index < -0.39 is 0 Å². The van der Waals surface area contributed by atoms with Crippen molar-refractivity contribution in [2.75, 3.05) is 5.75 Å². The van der Waals surface area contributed by atoms with Gasteiger partial charge in [-0.05, 0) is 11.6 Å². The molecule has 0 bridgehead atoms. The Balaban J connectivity index is 2.10. The first-order valence-electron chi connectivity index (χ1n) is 5.87. The molecule has 0 aliphatic heterocycles. The Morgan fingerprint density at radius 2 is 2.15 bits per heavy atom. The van der Waals surface area contributed by atoms with E-state index in [1.807, 2.05) is 42.5 Å². The Morgan fingerprint density at radius 1 is 1.35 bits per heavy atom. The maximum absolute atomic E-state index is 12.0. The number of aromatic nitrogens is 2. The van der Waals surface area contributed by atoms with Crippen LogP contribution in [0.5, 0.6) is 0 Å². The molecule has 0 atom stereocenters. The fraction of sp³-hybridized carbons (Fsp3) is 0.0714. The van der Waals surface area contributed by atoms with Crippen molar-refractivity contribution in [1.29, 1.82) is 5.26 Å². The van der Waals surface area contributed by atoms with Crippen LogP contribution in [-0.4, -0.2) is 15.7 Å². The zero-order valence-electron chi connectivity index (χ0n) is 10.3. The van der Waals surface area contributed by atoms with Crippen molar-refractivity contribution < 1.29 is 0 Å². The summed E-state index contributed by atoms with van der Waals surface area (Å²) < 4.78 is 0. The lowest BCUT2D eigenvalue weighted by Crippen LogP contribution is -2.07. The lowest BCUT2D eigenvalue weighted by molar-refractivity contribution is 0.982. The van der Waals surface area contributed by atoms with Gasteiger partial charge in [0.25, 0.3) is 5.56 Å². The van der Waals surface area contributed by atoms with E-state index in [-0.39, 0.29) is 11.3 Å². The summed E-state index contributed by atoms with van der Waals surface area (Å²) in [6, 6.07) is 13.8. The quantitative estimate of drug-likeness (QED) is 0.595. The van der Waals surface area contributed by atoms with E-state index in [0.29, 0.717) is 15.4 Å². The molecule has 4 nitrogen and oxygen atoms in total. The maximum Gasteiger partial charge on any atom is 0.260 e. The van der Waals surface area contributed by atoms with Crippen LogP contribution < -0.4 is 5.56 Å². The van der Waals surface area contributed by atoms with Crippen LogP contribution in [0.2, 0.25) is 0 Å². The van der Waals surface area contributed by atoms with Crippen LogP contribution in [0.1, 0.15) is 0 Å². The van der Waals surface area contributed by atoms with Gasteiger partial charge in [0.2, 0.25) is 0 Å². The molecule has 1 N–H and O–H groups in total. The Labute approximate surface area is 123 Å². The SMILES string of the molecule is N#CCSc1nc2sc(-c3ccccc3)cc2c(=O)[nH]1. The Kier molecular flexibility index (Phi) is 3.54. The number of fused-ring (bicyclic) bond motifs is 1. The number of nitrogens with zero attached hydrogens (tertiary/aromatic N) is 2. The summed E-state index contributed by atoms with van der Waals surface area (Å²) in [4.78, 5) is 20.8. The second-order valence-electron chi connectivity index (χ2n) is 4.01. The fourth-order valence-electron chi connectivity index (χ4n) is 1.83. The Morgan fingerprint density at radius 3 is 2.90 bits per heavy atom. The molecule has 98 valence electrons. The summed E-state index contributed by atoms with van der Waals surface area (Å²) in [7, 11) is 0. The minimum atomic E-state index is -0.158. The highest BCUT2D eigenvalue weighted by atomic mass is 32.2. The number of thiophene rings is 1. The van der Waals surface area contributed by atoms with Gasteiger partial charge in [-0.2, -0.15) is 5.26 Å². The third kappa shape index (κ3) is 2.46. The van der Waals surface area contributed by atoms with E-state index in [2.05, 4.69) is 9.97 Å². The monoisotopic (exact) mass is 299 g/mol. The predicted octanol–water partition coefficient (Wildman–Crippen LogP) is 3.27. The molecule has 0 aliphatic rings. The number of aromatic amines is 1. The van der Waals surface area contributed by atoms with Crippen LogP contribution in [0.3, 0.4) is 0 Å². The number of nitriles is 1. The van der Waals surface area contributed by atoms with E-state index in [9.17, 15) is 4.79 Å². The molecule has 3 rings (SSSR count). The van der Waals surface area contributed by atoms with E-state index in [0.717, 1.165) is 10.4 Å². The van der Waals surface area contributed by atoms with Gasteiger partial charge in [-0.15, -0.1) is 11.3 Å². The largest absolute Gasteiger partial charge is 0.301 e. The molecular formula is C14H9N3OS2. The van der Waals surface area contributed by atoms with E-state index in [1.54, 1.807) is 0 Å². The Hall–Kier alpha value is -2.10. The maximum atomic E-state index is 12.0. The smallest absolute Gasteiger partial charge is 0.260 e. The molecule has 2 aromatic heterocycles. The van der Waals surface area contributed by atoms with Crippen molar-refractivity contribution in [2.45, 2.75) is 5.16 Å². The van der Waals surface area contributed by atoms with E-state index >= 15 is 0 Å². The van der Waals surface area contributed by atoms with Crippen LogP contribution in [-0.2, 0) is 0 Å². The number of H-pyrrole nitrogens is 1. The third-order valence-electron chi connectivity index (χ3n) is 2.71. The van der Waals surface area contributed by atoms with Crippen molar-refractivity contribution in [3.63, 3.8) is 0 Å². The molecule has 0 spiro atoms. The first kappa shape index (κ1) is 12.9. The second kappa shape index (κ2) is 5.49. The first-order valence-corrected chi connectivity index (χ1v) is 7.67. The van der Waals surface area contributed by atoms with Crippen molar-refractivity contribution in [3.05, 3.63) is 46.8 Å². The zero-order valence-corrected chi connectivity index (χ0v) is 11.9. The van der Waals surface area contributed by atoms with Gasteiger partial charge in [-0.25, -0.2) is 4.98 Å². The zero-order chi connectivity index (χ0) is 13.9. The highest BCUT2D eigenvalue weighted by Gasteiger charge is 2.10. The summed E-state index contributed by atoms with van der Waals surface area (Å²) in [6.07, 6.45) is 0. The van der Waals surface area contributed by atoms with Gasteiger partial charge in [0.05, 0.1) is 17.2 Å². The lowest BCUT2D eigenvalue weighted by atomic mass is 10.2. The molecule has 1 aromatic carbocycles. The highest BCUT2D eigenvalue weighted by Crippen LogP contribution is 2.31. The average Bonchev–Trinajstić information content (AvgIpc) is 2.91. The fourth-order valence-corrected chi connectivity index (χ4v) is 3.44. The summed E-state index contributed by atoms with van der Waals surface area (Å²) in [5.74, 6) is 0.269. The number of nitrogens with one attached hydrogen (secondary N) is 1. The van der Waals surface area contributed by atoms with Crippen LogP contribution in [0, 0.1) is 11.3 Å². The molecule has 6 heteroatoms. The molecule has 2 heterocycles. The number of hydrogen-bond donors (Lipinski definition) is 1. The standard InChI is InChI=1S/C14H9N3OS2/c15-6-7-19-14-16-12(18)10-8-11(20-13(10)17-14)9-4-2-1-3-5-9/h1-5,8H,7H2,(H,16,17,18). The Bertz CT molecular complexity index is 846. The van der Waals surface area contributed by atoms with Crippen LogP contribution in [0.15, 0.2) is 46.3 Å². The van der Waals surface area contributed by atoms with Crippen molar-refractivity contribution in [3.8, 4) is 16.5 Å². The normalized spacial score (nSPS) is 10.6. The predicted molar refractivity (Wildman–Crippen MR) is 82.0 cm³/mol. The molecule has 20 heavy (non-hydrogen) atoms. The minimum Gasteiger partial charge on any atom is -0.301 e. The van der Waals surface area contributed by atoms with E-state index in [1.165, 1.54) is 23.1 Å². The average molecular weight is 299 g/mol. The molecule has 0 unspecified atom stereocenters. The number of hydrogen-bond acceptors (Lipinski definition) is 5. The van der Waals surface area contributed by atoms with Crippen LogP contribution in [0.25, 0.3) is 20.7 Å². The molecule has 0 amide bonds. The topological polar surface area (TPSA) is 69.5 Å². The van der Waals surface area contributed by atoms with Gasteiger partial charge in [0, 0.05) is 4.88 Å². The highest BCUT2D eigenvalue weighted by molar-refractivity contribution is 7.99. The van der Waals surface area contributed by atoms with E-state index in [4.69, 9.17) is 5.26 Å². The van der Waals surface area contributed by atoms with Crippen molar-refractivity contribution >= 4 is 33.3 Å². The van der Waals surface area contributed by atoms with Gasteiger partial charge in [-0.3, -0.25) is 4.79 Å². The van der Waals surface area contributed by atoms with Gasteiger partial charge in [-0.1, -0.05) is 42.1 Å². The molecule has 0 saturated heterocycles. The molecule has 0 fully saturated rings. The van der Waals surface area contributed by atoms with Gasteiger partial charge in [0.15, 0.2) is 5.16 Å². The summed E-state index contributed by atoms with van der Waals surface area (Å²) >= 11 is 2.72. The number of thioether (sulfide) groups is 1. The molecule has 0 radical (unpaired) electrons. The van der Waals surface area contributed by atoms with Crippen LogP contribution in [0.4, 0.5) is 0 Å². The van der Waals surface area contributed by atoms with Crippen LogP contribution >= 0.6 is 23.1 Å². The molecule has 0 saturated carbocycles. The third-order valence-corrected chi connectivity index (χ3v) is 4.53. The molecular weight excluding hydrogens is 290 g/mol. The lowest BCUT2D eigenvalue weighted by Gasteiger charge is -1.95. The second-order valence-corrected chi connectivity index (χ2v) is 6.01. The first-order chi connectivity index (χ1) is 9.78. The number of benzene rings is 1. The summed E-state index contributed by atoms with van der Waals surface area (Å²) in [6.45, 7) is 0. The van der Waals surface area contributed by atoms with Crippen molar-refractivity contribution in [1.82, 2.24) is 9.97 Å².